The van der Waals surface area contributed by atoms with Crippen LogP contribution in [0.15, 0.2) is 24.0 Å². The van der Waals surface area contributed by atoms with E-state index in [0.29, 0.717) is 12.2 Å². The molecule has 2 fully saturated rings. The van der Waals surface area contributed by atoms with E-state index in [-0.39, 0.29) is 34.5 Å². The van der Waals surface area contributed by atoms with Crippen LogP contribution in [-0.4, -0.2) is 70.6 Å². The van der Waals surface area contributed by atoms with Gasteiger partial charge in [-0.05, 0) is 88.3 Å². The lowest BCUT2D eigenvalue weighted by molar-refractivity contribution is -0.213. The predicted molar refractivity (Wildman–Crippen MR) is 156 cm³/mol. The van der Waals surface area contributed by atoms with Gasteiger partial charge in [-0.1, -0.05) is 32.5 Å². The highest BCUT2D eigenvalue weighted by Gasteiger charge is 2.60. The number of carbonyl (C=O) groups is 2. The van der Waals surface area contributed by atoms with Gasteiger partial charge >= 0.3 is 5.97 Å². The van der Waals surface area contributed by atoms with Gasteiger partial charge in [0.2, 0.25) is 6.79 Å². The smallest absolute Gasteiger partial charge is 0.339 e. The maximum atomic E-state index is 14.4. The van der Waals surface area contributed by atoms with Crippen molar-refractivity contribution in [1.82, 2.24) is 4.90 Å². The van der Waals surface area contributed by atoms with E-state index in [9.17, 15) is 9.59 Å². The first-order valence-corrected chi connectivity index (χ1v) is 15.7. The molecule has 0 N–H and O–H groups in total. The second-order valence-electron chi connectivity index (χ2n) is 13.8. The molecule has 0 bridgehead atoms. The van der Waals surface area contributed by atoms with E-state index in [0.717, 1.165) is 62.3 Å². The number of nitrogens with zero attached hydrogens (tertiary/aromatic N) is 1. The molecule has 4 aliphatic heterocycles. The molecule has 9 heteroatoms. The molecule has 0 amide bonds. The van der Waals surface area contributed by atoms with Gasteiger partial charge in [0.25, 0.3) is 0 Å². The number of fused-ring (bicyclic) bond motifs is 3. The van der Waals surface area contributed by atoms with Crippen LogP contribution in [0.2, 0.25) is 0 Å². The highest BCUT2D eigenvalue weighted by atomic mass is 32.2. The molecular formula is C32H43NO7S. The molecule has 6 rings (SSSR count). The third-order valence-corrected chi connectivity index (χ3v) is 10.2. The van der Waals surface area contributed by atoms with Crippen LogP contribution in [0.5, 0.6) is 11.5 Å². The van der Waals surface area contributed by atoms with E-state index in [1.54, 1.807) is 7.11 Å². The minimum absolute atomic E-state index is 0.0207. The van der Waals surface area contributed by atoms with Crippen LogP contribution in [-0.2, 0) is 30.2 Å². The van der Waals surface area contributed by atoms with Gasteiger partial charge in [-0.25, -0.2) is 4.79 Å². The van der Waals surface area contributed by atoms with Gasteiger partial charge in [-0.2, -0.15) is 0 Å². The Bertz CT molecular complexity index is 1270. The zero-order valence-corrected chi connectivity index (χ0v) is 26.0. The lowest BCUT2D eigenvalue weighted by Gasteiger charge is -2.44. The van der Waals surface area contributed by atoms with Crippen molar-refractivity contribution in [2.24, 2.45) is 0 Å². The average Bonchev–Trinajstić information content (AvgIpc) is 3.55. The lowest BCUT2D eigenvalue weighted by Crippen LogP contribution is -2.54. The number of ether oxygens (including phenoxy) is 5. The van der Waals surface area contributed by atoms with E-state index in [4.69, 9.17) is 23.7 Å². The summed E-state index contributed by atoms with van der Waals surface area (Å²) >= 11 is 1.25. The van der Waals surface area contributed by atoms with E-state index in [1.807, 2.05) is 34.6 Å². The fraction of sp³-hybridized carbons (Fsp3) is 0.688. The molecule has 2 saturated heterocycles. The summed E-state index contributed by atoms with van der Waals surface area (Å²) in [6.07, 6.45) is 6.45. The summed E-state index contributed by atoms with van der Waals surface area (Å²) in [6.45, 7) is 12.1. The van der Waals surface area contributed by atoms with Gasteiger partial charge < -0.3 is 23.7 Å². The number of benzene rings is 1. The van der Waals surface area contributed by atoms with Crippen molar-refractivity contribution < 1.29 is 33.3 Å². The molecule has 4 heterocycles. The summed E-state index contributed by atoms with van der Waals surface area (Å²) in [5.74, 6) is 1.48. The molecular weight excluding hydrogens is 542 g/mol. The molecule has 0 saturated carbocycles. The lowest BCUT2D eigenvalue weighted by atomic mass is 9.77. The van der Waals surface area contributed by atoms with E-state index in [1.165, 1.54) is 17.3 Å². The van der Waals surface area contributed by atoms with Gasteiger partial charge in [0, 0.05) is 11.3 Å². The quantitative estimate of drug-likeness (QED) is 0.415. The number of esters is 1. The normalized spacial score (nSPS) is 31.9. The maximum absolute atomic E-state index is 14.4. The Morgan fingerprint density at radius 2 is 1.83 bits per heavy atom. The van der Waals surface area contributed by atoms with Crippen LogP contribution in [0, 0.1) is 0 Å². The summed E-state index contributed by atoms with van der Waals surface area (Å²) in [7, 11) is 1.65. The molecule has 41 heavy (non-hydrogen) atoms. The van der Waals surface area contributed by atoms with Crippen LogP contribution in [0.1, 0.15) is 90.2 Å². The highest BCUT2D eigenvalue weighted by Crippen LogP contribution is 2.56. The molecule has 3 unspecified atom stereocenters. The molecule has 1 spiro atoms. The van der Waals surface area contributed by atoms with Crippen molar-refractivity contribution in [1.29, 1.82) is 0 Å². The van der Waals surface area contributed by atoms with Crippen molar-refractivity contribution in [2.75, 3.05) is 27.0 Å². The summed E-state index contributed by atoms with van der Waals surface area (Å²) in [4.78, 5) is 30.3. The Hall–Kier alpha value is -2.23. The summed E-state index contributed by atoms with van der Waals surface area (Å²) < 4.78 is 30.3. The largest absolute Gasteiger partial charge is 0.497 e. The first-order valence-electron chi connectivity index (χ1n) is 14.9. The first kappa shape index (κ1) is 28.9. The van der Waals surface area contributed by atoms with Gasteiger partial charge in [-0.3, -0.25) is 9.69 Å². The Balaban J connectivity index is 1.38. The third-order valence-electron chi connectivity index (χ3n) is 9.25. The molecule has 1 aromatic carbocycles. The SMILES string of the molecule is COC1=CC23CCCN2CCc2cc4c(cc2[C@@H]3C1OC(=O)C1(CC(=O)SC(C)(C)C)CCCC(C)(C)O1)OCO4. The van der Waals surface area contributed by atoms with Crippen LogP contribution in [0.25, 0.3) is 0 Å². The second kappa shape index (κ2) is 10.2. The Labute approximate surface area is 247 Å². The minimum atomic E-state index is -1.34. The highest BCUT2D eigenvalue weighted by molar-refractivity contribution is 8.14. The minimum Gasteiger partial charge on any atom is -0.497 e. The number of thioether (sulfide) groups is 1. The van der Waals surface area contributed by atoms with Crippen LogP contribution in [0.4, 0.5) is 0 Å². The molecule has 1 aliphatic carbocycles. The fourth-order valence-corrected chi connectivity index (χ4v) is 8.69. The van der Waals surface area contributed by atoms with Crippen LogP contribution < -0.4 is 9.47 Å². The maximum Gasteiger partial charge on any atom is 0.339 e. The molecule has 224 valence electrons. The third kappa shape index (κ3) is 5.16. The number of methoxy groups -OCH3 is 1. The van der Waals surface area contributed by atoms with Gasteiger partial charge in [0.05, 0.1) is 30.6 Å². The molecule has 5 aliphatic rings. The van der Waals surface area contributed by atoms with Gasteiger partial charge in [0.1, 0.15) is 5.76 Å². The first-order chi connectivity index (χ1) is 19.3. The van der Waals surface area contributed by atoms with Crippen molar-refractivity contribution in [2.45, 2.75) is 113 Å². The van der Waals surface area contributed by atoms with E-state index < -0.39 is 23.3 Å². The zero-order chi connectivity index (χ0) is 29.2. The molecule has 8 nitrogen and oxygen atoms in total. The fourth-order valence-electron chi connectivity index (χ4n) is 7.70. The number of hydrogen-bond donors (Lipinski definition) is 0. The van der Waals surface area contributed by atoms with Crippen molar-refractivity contribution in [3.05, 3.63) is 35.1 Å². The Kier molecular flexibility index (Phi) is 7.18. The van der Waals surface area contributed by atoms with Crippen molar-refractivity contribution in [3.8, 4) is 11.5 Å². The van der Waals surface area contributed by atoms with E-state index in [2.05, 4.69) is 23.1 Å². The molecule has 0 aromatic heterocycles. The monoisotopic (exact) mass is 585 g/mol. The summed E-state index contributed by atoms with van der Waals surface area (Å²) in [5.41, 5.74) is 0.0752. The molecule has 1 aromatic rings. The van der Waals surface area contributed by atoms with Crippen LogP contribution in [0.3, 0.4) is 0 Å². The topological polar surface area (TPSA) is 83.5 Å². The Morgan fingerprint density at radius 1 is 1.07 bits per heavy atom. The standard InChI is InChI=1S/C32H43NO7S/c1-29(2,3)41-25(34)18-32(12-7-10-30(4,5)40-32)28(35)39-27-24(36-6)17-31-11-8-13-33(31)14-9-20-15-22-23(38-19-37-22)16-21(20)26(27)31/h15-17,26-27H,7-14,18-19H2,1-6H3/t26-,27?,31?,32?/m1/s1. The average molecular weight is 586 g/mol. The van der Waals surface area contributed by atoms with Gasteiger partial charge in [-0.15, -0.1) is 0 Å². The van der Waals surface area contributed by atoms with Crippen LogP contribution >= 0.6 is 11.8 Å². The number of hydrogen-bond acceptors (Lipinski definition) is 9. The van der Waals surface area contributed by atoms with Crippen molar-refractivity contribution >= 4 is 22.8 Å². The zero-order valence-electron chi connectivity index (χ0n) is 25.2. The van der Waals surface area contributed by atoms with Gasteiger partial charge in [0.15, 0.2) is 28.3 Å². The second-order valence-corrected chi connectivity index (χ2v) is 15.6. The van der Waals surface area contributed by atoms with E-state index >= 15 is 0 Å². The molecule has 4 atom stereocenters. The Morgan fingerprint density at radius 3 is 2.54 bits per heavy atom. The number of rotatable bonds is 5. The number of carbonyl (C=O) groups excluding carboxylic acids is 2. The summed E-state index contributed by atoms with van der Waals surface area (Å²) in [5, 5.41) is -0.0629. The summed E-state index contributed by atoms with van der Waals surface area (Å²) in [6, 6.07) is 4.17. The predicted octanol–water partition coefficient (Wildman–Crippen LogP) is 5.51. The van der Waals surface area contributed by atoms with Crippen molar-refractivity contribution in [3.63, 3.8) is 0 Å². The molecule has 0 radical (unpaired) electrons.